The van der Waals surface area contributed by atoms with Gasteiger partial charge >= 0.3 is 11.9 Å². The highest BCUT2D eigenvalue weighted by Gasteiger charge is 2.41. The molecule has 0 spiro atoms. The minimum absolute atomic E-state index is 0.0103. The van der Waals surface area contributed by atoms with Crippen LogP contribution < -0.4 is 0 Å². The normalized spacial score (nSPS) is 21.7. The highest BCUT2D eigenvalue weighted by Crippen LogP contribution is 2.32. The van der Waals surface area contributed by atoms with Gasteiger partial charge in [0.25, 0.3) is 0 Å². The van der Waals surface area contributed by atoms with Crippen LogP contribution in [0.2, 0.25) is 0 Å². The third-order valence-corrected chi connectivity index (χ3v) is 5.73. The summed E-state index contributed by atoms with van der Waals surface area (Å²) in [5.41, 5.74) is 2.88. The molecule has 1 saturated heterocycles. The number of esters is 2. The summed E-state index contributed by atoms with van der Waals surface area (Å²) < 4.78 is 24.9. The van der Waals surface area contributed by atoms with Crippen molar-refractivity contribution in [3.05, 3.63) is 70.8 Å². The molecule has 0 aromatic heterocycles. The van der Waals surface area contributed by atoms with Crippen molar-refractivity contribution in [2.75, 3.05) is 12.4 Å². The molecule has 1 heterocycles. The number of rotatable bonds is 5. The maximum atomic E-state index is 14.2. The molecule has 0 N–H and O–H groups in total. The van der Waals surface area contributed by atoms with Crippen LogP contribution in [0.3, 0.4) is 0 Å². The second-order valence-electron chi connectivity index (χ2n) is 6.59. The minimum atomic E-state index is -1.28. The Morgan fingerprint density at radius 3 is 2.04 bits per heavy atom. The van der Waals surface area contributed by atoms with E-state index in [0.29, 0.717) is 11.1 Å². The SMILES string of the molecule is Cc1ccc(C(=O)OC[C@H]2SC[C@@H](F)[C@@H]2OC(=O)c2ccc(C)cc2)cc1. The first kappa shape index (κ1) is 19.4. The van der Waals surface area contributed by atoms with Gasteiger partial charge in [0.05, 0.1) is 16.4 Å². The van der Waals surface area contributed by atoms with E-state index in [1.54, 1.807) is 36.4 Å². The fourth-order valence-electron chi connectivity index (χ4n) is 2.74. The quantitative estimate of drug-likeness (QED) is 0.721. The van der Waals surface area contributed by atoms with Gasteiger partial charge < -0.3 is 9.47 Å². The molecule has 4 nitrogen and oxygen atoms in total. The molecule has 2 aromatic rings. The zero-order valence-corrected chi connectivity index (χ0v) is 16.0. The number of hydrogen-bond donors (Lipinski definition) is 0. The number of thioether (sulfide) groups is 1. The summed E-state index contributed by atoms with van der Waals surface area (Å²) in [5, 5.41) is -0.427. The van der Waals surface area contributed by atoms with Crippen LogP contribution in [0.25, 0.3) is 0 Å². The molecule has 0 bridgehead atoms. The minimum Gasteiger partial charge on any atom is -0.461 e. The second kappa shape index (κ2) is 8.57. The summed E-state index contributed by atoms with van der Waals surface area (Å²) in [4.78, 5) is 24.4. The van der Waals surface area contributed by atoms with Crippen LogP contribution in [0, 0.1) is 13.8 Å². The first-order valence-corrected chi connectivity index (χ1v) is 9.76. The molecule has 27 heavy (non-hydrogen) atoms. The lowest BCUT2D eigenvalue weighted by Crippen LogP contribution is -2.35. The van der Waals surface area contributed by atoms with Gasteiger partial charge in [-0.05, 0) is 38.1 Å². The molecule has 2 aromatic carbocycles. The highest BCUT2D eigenvalue weighted by molar-refractivity contribution is 8.00. The van der Waals surface area contributed by atoms with E-state index in [-0.39, 0.29) is 12.4 Å². The Balaban J connectivity index is 1.59. The van der Waals surface area contributed by atoms with Crippen molar-refractivity contribution in [2.24, 2.45) is 0 Å². The van der Waals surface area contributed by atoms with Crippen molar-refractivity contribution in [2.45, 2.75) is 31.4 Å². The molecule has 1 aliphatic rings. The van der Waals surface area contributed by atoms with Crippen molar-refractivity contribution in [3.63, 3.8) is 0 Å². The Labute approximate surface area is 162 Å². The van der Waals surface area contributed by atoms with Crippen LogP contribution in [0.5, 0.6) is 0 Å². The maximum Gasteiger partial charge on any atom is 0.338 e. The van der Waals surface area contributed by atoms with Gasteiger partial charge in [-0.25, -0.2) is 14.0 Å². The summed E-state index contributed by atoms with van der Waals surface area (Å²) >= 11 is 1.31. The van der Waals surface area contributed by atoms with Crippen molar-refractivity contribution >= 4 is 23.7 Å². The molecular formula is C21H21FO4S. The number of halogens is 1. The number of carbonyl (C=O) groups is 2. The molecule has 142 valence electrons. The van der Waals surface area contributed by atoms with Crippen molar-refractivity contribution < 1.29 is 23.5 Å². The number of hydrogen-bond acceptors (Lipinski definition) is 5. The molecule has 1 fully saturated rings. The monoisotopic (exact) mass is 388 g/mol. The molecule has 0 amide bonds. The average molecular weight is 388 g/mol. The van der Waals surface area contributed by atoms with Crippen molar-refractivity contribution in [1.82, 2.24) is 0 Å². The number of alkyl halides is 1. The second-order valence-corrected chi connectivity index (χ2v) is 7.86. The van der Waals surface area contributed by atoms with Gasteiger partial charge in [-0.2, -0.15) is 0 Å². The molecule has 6 heteroatoms. The van der Waals surface area contributed by atoms with E-state index in [1.807, 2.05) is 26.0 Å². The van der Waals surface area contributed by atoms with Gasteiger partial charge in [0.15, 0.2) is 0 Å². The van der Waals surface area contributed by atoms with E-state index < -0.39 is 29.5 Å². The molecule has 0 unspecified atom stereocenters. The topological polar surface area (TPSA) is 52.6 Å². The molecule has 0 aliphatic carbocycles. The van der Waals surface area contributed by atoms with Crippen LogP contribution in [-0.2, 0) is 9.47 Å². The van der Waals surface area contributed by atoms with E-state index in [4.69, 9.17) is 9.47 Å². The number of benzene rings is 2. The van der Waals surface area contributed by atoms with E-state index in [2.05, 4.69) is 0 Å². The zero-order chi connectivity index (χ0) is 19.4. The molecular weight excluding hydrogens is 367 g/mol. The summed E-state index contributed by atoms with van der Waals surface area (Å²) in [7, 11) is 0. The first-order chi connectivity index (χ1) is 12.9. The van der Waals surface area contributed by atoms with E-state index in [1.165, 1.54) is 11.8 Å². The smallest absolute Gasteiger partial charge is 0.338 e. The summed E-state index contributed by atoms with van der Waals surface area (Å²) in [6.07, 6.45) is -2.22. The van der Waals surface area contributed by atoms with Gasteiger partial charge in [-0.1, -0.05) is 35.4 Å². The van der Waals surface area contributed by atoms with Crippen molar-refractivity contribution in [3.8, 4) is 0 Å². The van der Waals surface area contributed by atoms with Crippen LogP contribution in [0.15, 0.2) is 48.5 Å². The Morgan fingerprint density at radius 2 is 1.48 bits per heavy atom. The third kappa shape index (κ3) is 4.89. The first-order valence-electron chi connectivity index (χ1n) is 8.71. The number of ether oxygens (including phenoxy) is 2. The Morgan fingerprint density at radius 1 is 0.963 bits per heavy atom. The lowest BCUT2D eigenvalue weighted by Gasteiger charge is -2.20. The predicted octanol–water partition coefficient (Wildman–Crippen LogP) is 4.14. The lowest BCUT2D eigenvalue weighted by atomic mass is 10.1. The molecule has 3 rings (SSSR count). The lowest BCUT2D eigenvalue weighted by molar-refractivity contribution is 0.00476. The van der Waals surface area contributed by atoms with Crippen molar-refractivity contribution in [1.29, 1.82) is 0 Å². The third-order valence-electron chi connectivity index (χ3n) is 4.39. The van der Waals surface area contributed by atoms with Crippen LogP contribution >= 0.6 is 11.8 Å². The van der Waals surface area contributed by atoms with E-state index in [9.17, 15) is 14.0 Å². The number of aryl methyl sites for hydroxylation is 2. The fourth-order valence-corrected chi connectivity index (χ4v) is 3.94. The average Bonchev–Trinajstić information content (AvgIpc) is 3.00. The van der Waals surface area contributed by atoms with Gasteiger partial charge in [-0.3, -0.25) is 0 Å². The zero-order valence-electron chi connectivity index (χ0n) is 15.2. The van der Waals surface area contributed by atoms with Gasteiger partial charge in [0, 0.05) is 5.75 Å². The van der Waals surface area contributed by atoms with Crippen LogP contribution in [0.4, 0.5) is 4.39 Å². The summed E-state index contributed by atoms with van der Waals surface area (Å²) in [6, 6.07) is 13.9. The maximum absolute atomic E-state index is 14.2. The highest BCUT2D eigenvalue weighted by atomic mass is 32.2. The standard InChI is InChI=1S/C21H21FO4S/c1-13-3-7-15(8-4-13)20(23)25-11-18-19(17(22)12-27-18)26-21(24)16-9-5-14(2)6-10-16/h3-10,17-19H,11-12H2,1-2H3/t17-,18-,19+/m1/s1. The van der Waals surface area contributed by atoms with Gasteiger partial charge in [0.2, 0.25) is 0 Å². The molecule has 3 atom stereocenters. The van der Waals surface area contributed by atoms with Gasteiger partial charge in [0.1, 0.15) is 18.9 Å². The number of carbonyl (C=O) groups excluding carboxylic acids is 2. The van der Waals surface area contributed by atoms with E-state index >= 15 is 0 Å². The van der Waals surface area contributed by atoms with E-state index in [0.717, 1.165) is 11.1 Å². The van der Waals surface area contributed by atoms with Crippen LogP contribution in [-0.4, -0.2) is 41.8 Å². The summed E-state index contributed by atoms with van der Waals surface area (Å²) in [6.45, 7) is 3.83. The predicted molar refractivity (Wildman–Crippen MR) is 103 cm³/mol. The fraction of sp³-hybridized carbons (Fsp3) is 0.333. The summed E-state index contributed by atoms with van der Waals surface area (Å²) in [5.74, 6) is -0.833. The molecule has 0 saturated carbocycles. The largest absolute Gasteiger partial charge is 0.461 e. The Kier molecular flexibility index (Phi) is 6.16. The molecule has 1 aliphatic heterocycles. The van der Waals surface area contributed by atoms with Gasteiger partial charge in [-0.15, -0.1) is 11.8 Å². The Hall–Kier alpha value is -2.34. The molecule has 0 radical (unpaired) electrons. The van der Waals surface area contributed by atoms with Crippen LogP contribution in [0.1, 0.15) is 31.8 Å². The Bertz CT molecular complexity index is 804.